The molecule has 0 atom stereocenters. The van der Waals surface area contributed by atoms with Crippen LogP contribution in [0.4, 0.5) is 5.82 Å². The van der Waals surface area contributed by atoms with Gasteiger partial charge >= 0.3 is 5.97 Å². The van der Waals surface area contributed by atoms with Crippen LogP contribution in [-0.2, 0) is 4.74 Å². The number of rotatable bonds is 8. The Morgan fingerprint density at radius 1 is 0.969 bits per heavy atom. The summed E-state index contributed by atoms with van der Waals surface area (Å²) in [6.07, 6.45) is 5.43. The number of para-hydroxylation sites is 2. The topological polar surface area (TPSA) is 83.0 Å². The Kier molecular flexibility index (Phi) is 6.40. The molecule has 2 N–H and O–H groups in total. The number of esters is 1. The predicted molar refractivity (Wildman–Crippen MR) is 129 cm³/mol. The molecule has 4 rings (SSSR count). The maximum Gasteiger partial charge on any atom is 0.344 e. The Balaban J connectivity index is 1.78. The van der Waals surface area contributed by atoms with Gasteiger partial charge in [-0.1, -0.05) is 50.8 Å². The van der Waals surface area contributed by atoms with Crippen molar-refractivity contribution in [3.8, 4) is 5.69 Å². The smallest absolute Gasteiger partial charge is 0.344 e. The minimum atomic E-state index is -0.449. The number of unbranched alkanes of at least 4 members (excludes halogenated alkanes) is 4. The minimum Gasteiger partial charge on any atom is -0.462 e. The first-order valence-electron chi connectivity index (χ1n) is 11.3. The van der Waals surface area contributed by atoms with Crippen LogP contribution in [0.5, 0.6) is 0 Å². The van der Waals surface area contributed by atoms with Crippen LogP contribution >= 0.6 is 0 Å². The zero-order chi connectivity index (χ0) is 22.7. The second-order valence-corrected chi connectivity index (χ2v) is 8.30. The molecule has 166 valence electrons. The third-order valence-electron chi connectivity index (χ3n) is 5.93. The summed E-state index contributed by atoms with van der Waals surface area (Å²) in [6, 6.07) is 13.7. The third kappa shape index (κ3) is 4.17. The fourth-order valence-electron chi connectivity index (χ4n) is 3.93. The number of carbonyl (C=O) groups excluding carboxylic acids is 1. The van der Waals surface area contributed by atoms with Gasteiger partial charge in [0, 0.05) is 5.69 Å². The van der Waals surface area contributed by atoms with Gasteiger partial charge in [-0.05, 0) is 55.7 Å². The van der Waals surface area contributed by atoms with E-state index >= 15 is 0 Å². The van der Waals surface area contributed by atoms with E-state index in [4.69, 9.17) is 20.4 Å². The van der Waals surface area contributed by atoms with Crippen LogP contribution in [-0.4, -0.2) is 27.1 Å². The van der Waals surface area contributed by atoms with Gasteiger partial charge in [0.25, 0.3) is 0 Å². The number of ether oxygens (including phenoxy) is 1. The first-order valence-corrected chi connectivity index (χ1v) is 11.3. The molecule has 0 aliphatic heterocycles. The number of nitrogens with zero attached hydrogens (tertiary/aromatic N) is 3. The maximum atomic E-state index is 13.1. The fourth-order valence-corrected chi connectivity index (χ4v) is 3.93. The van der Waals surface area contributed by atoms with E-state index in [1.165, 1.54) is 18.4 Å². The Bertz CT molecular complexity index is 1280. The molecule has 32 heavy (non-hydrogen) atoms. The van der Waals surface area contributed by atoms with E-state index in [1.807, 2.05) is 42.5 Å². The molecular formula is C26H30N4O2. The highest BCUT2D eigenvalue weighted by molar-refractivity contribution is 6.09. The van der Waals surface area contributed by atoms with Crippen molar-refractivity contribution >= 4 is 34.0 Å². The van der Waals surface area contributed by atoms with E-state index < -0.39 is 5.97 Å². The Labute approximate surface area is 188 Å². The van der Waals surface area contributed by atoms with Gasteiger partial charge < -0.3 is 10.5 Å². The summed E-state index contributed by atoms with van der Waals surface area (Å²) in [4.78, 5) is 22.6. The molecule has 0 spiro atoms. The molecule has 0 aliphatic carbocycles. The summed E-state index contributed by atoms with van der Waals surface area (Å²) in [6.45, 7) is 6.67. The van der Waals surface area contributed by atoms with E-state index in [9.17, 15) is 4.79 Å². The van der Waals surface area contributed by atoms with E-state index in [2.05, 4.69) is 20.8 Å². The van der Waals surface area contributed by atoms with Crippen LogP contribution in [0.15, 0.2) is 42.5 Å². The fraction of sp³-hybridized carbons (Fsp3) is 0.346. The van der Waals surface area contributed by atoms with Gasteiger partial charge in [-0.2, -0.15) is 0 Å². The van der Waals surface area contributed by atoms with E-state index in [1.54, 1.807) is 4.57 Å². The molecule has 6 nitrogen and oxygen atoms in total. The van der Waals surface area contributed by atoms with Crippen molar-refractivity contribution in [2.45, 2.75) is 52.9 Å². The van der Waals surface area contributed by atoms with Crippen molar-refractivity contribution in [2.75, 3.05) is 12.3 Å². The Morgan fingerprint density at radius 3 is 2.41 bits per heavy atom. The number of benzene rings is 2. The van der Waals surface area contributed by atoms with Crippen molar-refractivity contribution < 1.29 is 9.53 Å². The van der Waals surface area contributed by atoms with Crippen molar-refractivity contribution in [3.05, 3.63) is 59.2 Å². The standard InChI is InChI=1S/C26H30N4O2/c1-4-5-6-7-10-15-32-26(31)22-23-25(29-21-12-9-8-11-20(21)28-23)30(24(22)27)19-14-13-17(2)18(3)16-19/h8-9,11-14,16H,4-7,10,15,27H2,1-3H3. The van der Waals surface area contributed by atoms with Crippen LogP contribution in [0.25, 0.3) is 27.9 Å². The summed E-state index contributed by atoms with van der Waals surface area (Å²) in [5.74, 6) is -0.148. The average Bonchev–Trinajstić information content (AvgIpc) is 3.07. The van der Waals surface area contributed by atoms with Crippen molar-refractivity contribution in [2.24, 2.45) is 0 Å². The maximum absolute atomic E-state index is 13.1. The van der Waals surface area contributed by atoms with Crippen LogP contribution in [0.3, 0.4) is 0 Å². The second kappa shape index (κ2) is 9.39. The number of fused-ring (bicyclic) bond motifs is 2. The summed E-state index contributed by atoms with van der Waals surface area (Å²) >= 11 is 0. The highest BCUT2D eigenvalue weighted by Gasteiger charge is 2.26. The van der Waals surface area contributed by atoms with Gasteiger partial charge in [0.05, 0.1) is 17.6 Å². The van der Waals surface area contributed by atoms with Crippen molar-refractivity contribution in [1.82, 2.24) is 14.5 Å². The average molecular weight is 431 g/mol. The molecule has 4 aromatic rings. The summed E-state index contributed by atoms with van der Waals surface area (Å²) < 4.78 is 7.41. The molecular weight excluding hydrogens is 400 g/mol. The number of hydrogen-bond donors (Lipinski definition) is 1. The minimum absolute atomic E-state index is 0.282. The molecule has 0 amide bonds. The van der Waals surface area contributed by atoms with Crippen molar-refractivity contribution in [3.63, 3.8) is 0 Å². The van der Waals surface area contributed by atoms with Gasteiger partial charge in [-0.3, -0.25) is 4.57 Å². The van der Waals surface area contributed by atoms with Gasteiger partial charge in [0.2, 0.25) is 0 Å². The highest BCUT2D eigenvalue weighted by Crippen LogP contribution is 2.32. The number of aromatic nitrogens is 3. The largest absolute Gasteiger partial charge is 0.462 e. The van der Waals surface area contributed by atoms with Crippen LogP contribution in [0.1, 0.15) is 60.5 Å². The molecule has 6 heteroatoms. The normalized spacial score (nSPS) is 11.3. The first-order chi connectivity index (χ1) is 15.5. The number of anilines is 1. The zero-order valence-electron chi connectivity index (χ0n) is 19.0. The Morgan fingerprint density at radius 2 is 1.69 bits per heavy atom. The number of nitrogens with two attached hydrogens (primary N) is 1. The lowest BCUT2D eigenvalue weighted by Crippen LogP contribution is -2.10. The molecule has 0 saturated carbocycles. The molecule has 0 bridgehead atoms. The molecule has 2 aromatic heterocycles. The zero-order valence-corrected chi connectivity index (χ0v) is 19.0. The number of carbonyl (C=O) groups is 1. The quantitative estimate of drug-likeness (QED) is 0.278. The molecule has 2 aromatic carbocycles. The Hall–Kier alpha value is -3.41. The summed E-state index contributed by atoms with van der Waals surface area (Å²) in [5, 5.41) is 0. The number of nitrogen functional groups attached to an aromatic ring is 1. The first kappa shape index (κ1) is 21.8. The molecule has 0 saturated heterocycles. The van der Waals surface area contributed by atoms with E-state index in [-0.39, 0.29) is 5.56 Å². The van der Waals surface area contributed by atoms with Gasteiger partial charge in [-0.15, -0.1) is 0 Å². The van der Waals surface area contributed by atoms with Gasteiger partial charge in [0.1, 0.15) is 16.9 Å². The highest BCUT2D eigenvalue weighted by atomic mass is 16.5. The lowest BCUT2D eigenvalue weighted by atomic mass is 10.1. The second-order valence-electron chi connectivity index (χ2n) is 8.30. The molecule has 0 unspecified atom stereocenters. The number of hydrogen-bond acceptors (Lipinski definition) is 5. The van der Waals surface area contributed by atoms with E-state index in [0.717, 1.165) is 36.0 Å². The van der Waals surface area contributed by atoms with Crippen LogP contribution in [0, 0.1) is 13.8 Å². The third-order valence-corrected chi connectivity index (χ3v) is 5.93. The SMILES string of the molecule is CCCCCCCOC(=O)c1c(N)n(-c2ccc(C)c(C)c2)c2nc3ccccc3nc12. The lowest BCUT2D eigenvalue weighted by Gasteiger charge is -2.10. The number of aryl methyl sites for hydroxylation is 2. The van der Waals surface area contributed by atoms with Gasteiger partial charge in [-0.25, -0.2) is 14.8 Å². The molecule has 0 radical (unpaired) electrons. The van der Waals surface area contributed by atoms with Crippen LogP contribution in [0.2, 0.25) is 0 Å². The van der Waals surface area contributed by atoms with Gasteiger partial charge in [0.15, 0.2) is 5.65 Å². The lowest BCUT2D eigenvalue weighted by molar-refractivity contribution is 0.0501. The van der Waals surface area contributed by atoms with Crippen LogP contribution < -0.4 is 5.73 Å². The summed E-state index contributed by atoms with van der Waals surface area (Å²) in [5.41, 5.74) is 12.5. The molecule has 2 heterocycles. The van der Waals surface area contributed by atoms with E-state index in [0.29, 0.717) is 29.1 Å². The van der Waals surface area contributed by atoms with Crippen molar-refractivity contribution in [1.29, 1.82) is 0 Å². The molecule has 0 aliphatic rings. The monoisotopic (exact) mass is 430 g/mol. The summed E-state index contributed by atoms with van der Waals surface area (Å²) in [7, 11) is 0. The molecule has 0 fully saturated rings. The predicted octanol–water partition coefficient (Wildman–Crippen LogP) is 5.90.